The number of benzene rings is 1. The Morgan fingerprint density at radius 1 is 1.35 bits per heavy atom. The minimum atomic E-state index is -0.259. The topological polar surface area (TPSA) is 54.9 Å². The number of aromatic nitrogens is 2. The molecule has 1 aromatic heterocycles. The molecule has 1 heterocycles. The molecule has 0 atom stereocenters. The van der Waals surface area contributed by atoms with Gasteiger partial charge in [-0.3, -0.25) is 10.1 Å². The van der Waals surface area contributed by atoms with Gasteiger partial charge in [0.2, 0.25) is 5.95 Å². The third kappa shape index (κ3) is 3.37. The zero-order valence-corrected chi connectivity index (χ0v) is 11.4. The number of nitrogens with zero attached hydrogens (tertiary/aromatic N) is 2. The van der Waals surface area contributed by atoms with Crippen molar-refractivity contribution in [2.45, 2.75) is 0 Å². The number of carbonyl (C=O) groups is 1. The predicted molar refractivity (Wildman–Crippen MR) is 74.2 cm³/mol. The van der Waals surface area contributed by atoms with E-state index in [1.807, 2.05) is 12.1 Å². The molecule has 0 aliphatic rings. The summed E-state index contributed by atoms with van der Waals surface area (Å²) in [6.07, 6.45) is 1.49. The number of hydrogen-bond donors (Lipinski definition) is 1. The fourth-order valence-electron chi connectivity index (χ4n) is 1.20. The summed E-state index contributed by atoms with van der Waals surface area (Å²) in [7, 11) is 0. The fourth-order valence-corrected chi connectivity index (χ4v) is 1.88. The molecule has 0 spiro atoms. The molecule has 1 N–H and O–H groups in total. The molecular weight excluding hydrogens is 352 g/mol. The normalized spacial score (nSPS) is 10.0. The zero-order chi connectivity index (χ0) is 12.3. The standard InChI is InChI=1S/C11H7ClIN3O/c12-9-4-5-14-11(15-9)16-10(17)7-2-1-3-8(13)6-7/h1-6H,(H,14,15,16,17). The van der Waals surface area contributed by atoms with Gasteiger partial charge in [-0.1, -0.05) is 17.7 Å². The lowest BCUT2D eigenvalue weighted by molar-refractivity contribution is 0.102. The first-order chi connectivity index (χ1) is 8.15. The Morgan fingerprint density at radius 3 is 2.88 bits per heavy atom. The quantitative estimate of drug-likeness (QED) is 0.662. The molecule has 17 heavy (non-hydrogen) atoms. The van der Waals surface area contributed by atoms with Crippen molar-refractivity contribution in [1.29, 1.82) is 0 Å². The van der Waals surface area contributed by atoms with Crippen LogP contribution in [0.5, 0.6) is 0 Å². The van der Waals surface area contributed by atoms with Crippen LogP contribution in [-0.2, 0) is 0 Å². The van der Waals surface area contributed by atoms with Gasteiger partial charge in [-0.15, -0.1) is 0 Å². The third-order valence-electron chi connectivity index (χ3n) is 1.93. The summed E-state index contributed by atoms with van der Waals surface area (Å²) in [5, 5.41) is 2.87. The second-order valence-corrected chi connectivity index (χ2v) is 4.80. The first kappa shape index (κ1) is 12.3. The molecule has 2 aromatic rings. The molecule has 0 aliphatic heterocycles. The molecule has 0 bridgehead atoms. The van der Waals surface area contributed by atoms with Gasteiger partial charge in [-0.2, -0.15) is 0 Å². The number of rotatable bonds is 2. The van der Waals surface area contributed by atoms with Gasteiger partial charge in [0.15, 0.2) is 0 Å². The second kappa shape index (κ2) is 5.42. The van der Waals surface area contributed by atoms with Crippen LogP contribution in [-0.4, -0.2) is 15.9 Å². The molecule has 4 nitrogen and oxygen atoms in total. The lowest BCUT2D eigenvalue weighted by atomic mass is 10.2. The first-order valence-electron chi connectivity index (χ1n) is 4.70. The summed E-state index contributed by atoms with van der Waals surface area (Å²) in [5.74, 6) is -0.0628. The molecule has 0 fully saturated rings. The van der Waals surface area contributed by atoms with Crippen LogP contribution in [0.15, 0.2) is 36.5 Å². The molecule has 0 aliphatic carbocycles. The number of anilines is 1. The van der Waals surface area contributed by atoms with Crippen LogP contribution in [0.1, 0.15) is 10.4 Å². The maximum Gasteiger partial charge on any atom is 0.258 e. The number of amides is 1. The maximum atomic E-state index is 11.8. The number of halogens is 2. The maximum absolute atomic E-state index is 11.8. The van der Waals surface area contributed by atoms with Gasteiger partial charge in [-0.05, 0) is 46.9 Å². The molecule has 0 unspecified atom stereocenters. The van der Waals surface area contributed by atoms with Crippen LogP contribution in [0.25, 0.3) is 0 Å². The van der Waals surface area contributed by atoms with Crippen LogP contribution in [0.4, 0.5) is 5.95 Å². The van der Waals surface area contributed by atoms with Crippen LogP contribution < -0.4 is 5.32 Å². The molecule has 86 valence electrons. The van der Waals surface area contributed by atoms with E-state index in [0.717, 1.165) is 3.57 Å². The lowest BCUT2D eigenvalue weighted by Gasteiger charge is -2.03. The Hall–Kier alpha value is -1.21. The summed E-state index contributed by atoms with van der Waals surface area (Å²) in [6, 6.07) is 8.77. The van der Waals surface area contributed by atoms with E-state index in [0.29, 0.717) is 5.56 Å². The SMILES string of the molecule is O=C(Nc1nccc(Cl)n1)c1cccc(I)c1. The van der Waals surface area contributed by atoms with Crippen molar-refractivity contribution in [2.24, 2.45) is 0 Å². The van der Waals surface area contributed by atoms with Gasteiger partial charge >= 0.3 is 0 Å². The summed E-state index contributed by atoms with van der Waals surface area (Å²) in [5.41, 5.74) is 0.556. The highest BCUT2D eigenvalue weighted by Crippen LogP contribution is 2.10. The zero-order valence-electron chi connectivity index (χ0n) is 8.52. The Morgan fingerprint density at radius 2 is 2.18 bits per heavy atom. The highest BCUT2D eigenvalue weighted by atomic mass is 127. The molecule has 1 aromatic carbocycles. The highest BCUT2D eigenvalue weighted by Gasteiger charge is 2.07. The van der Waals surface area contributed by atoms with Crippen molar-refractivity contribution in [2.75, 3.05) is 5.32 Å². The van der Waals surface area contributed by atoms with E-state index in [1.54, 1.807) is 18.2 Å². The summed E-state index contributed by atoms with van der Waals surface area (Å²) in [6.45, 7) is 0. The summed E-state index contributed by atoms with van der Waals surface area (Å²) >= 11 is 7.84. The van der Waals surface area contributed by atoms with Crippen LogP contribution in [0.3, 0.4) is 0 Å². The predicted octanol–water partition coefficient (Wildman–Crippen LogP) is 2.99. The average Bonchev–Trinajstić information content (AvgIpc) is 2.29. The smallest absolute Gasteiger partial charge is 0.258 e. The van der Waals surface area contributed by atoms with E-state index in [9.17, 15) is 4.79 Å². The van der Waals surface area contributed by atoms with E-state index in [1.165, 1.54) is 6.20 Å². The van der Waals surface area contributed by atoms with Gasteiger partial charge in [-0.25, -0.2) is 9.97 Å². The molecule has 1 amide bonds. The minimum Gasteiger partial charge on any atom is -0.290 e. The molecule has 6 heteroatoms. The van der Waals surface area contributed by atoms with E-state index in [-0.39, 0.29) is 17.0 Å². The number of nitrogens with one attached hydrogen (secondary N) is 1. The third-order valence-corrected chi connectivity index (χ3v) is 2.82. The summed E-state index contributed by atoms with van der Waals surface area (Å²) in [4.78, 5) is 19.6. The van der Waals surface area contributed by atoms with E-state index >= 15 is 0 Å². The fraction of sp³-hybridized carbons (Fsp3) is 0. The van der Waals surface area contributed by atoms with Gasteiger partial charge in [0.25, 0.3) is 5.91 Å². The molecular formula is C11H7ClIN3O. The van der Waals surface area contributed by atoms with Crippen molar-refractivity contribution >= 4 is 46.0 Å². The molecule has 0 saturated carbocycles. The minimum absolute atomic E-state index is 0.196. The van der Waals surface area contributed by atoms with Crippen LogP contribution in [0, 0.1) is 3.57 Å². The van der Waals surface area contributed by atoms with Gasteiger partial charge in [0.05, 0.1) is 0 Å². The highest BCUT2D eigenvalue weighted by molar-refractivity contribution is 14.1. The Balaban J connectivity index is 2.17. The van der Waals surface area contributed by atoms with E-state index in [2.05, 4.69) is 37.9 Å². The van der Waals surface area contributed by atoms with Crippen LogP contribution in [0.2, 0.25) is 5.15 Å². The van der Waals surface area contributed by atoms with Crippen LogP contribution >= 0.6 is 34.2 Å². The molecule has 0 saturated heterocycles. The van der Waals surface area contributed by atoms with Gasteiger partial charge in [0, 0.05) is 15.3 Å². The Bertz CT molecular complexity index is 562. The van der Waals surface area contributed by atoms with E-state index in [4.69, 9.17) is 11.6 Å². The largest absolute Gasteiger partial charge is 0.290 e. The van der Waals surface area contributed by atoms with E-state index < -0.39 is 0 Å². The molecule has 2 rings (SSSR count). The number of carbonyl (C=O) groups excluding carboxylic acids is 1. The average molecular weight is 360 g/mol. The molecule has 0 radical (unpaired) electrons. The van der Waals surface area contributed by atoms with Crippen molar-refractivity contribution in [3.63, 3.8) is 0 Å². The van der Waals surface area contributed by atoms with Crippen molar-refractivity contribution in [1.82, 2.24) is 9.97 Å². The monoisotopic (exact) mass is 359 g/mol. The lowest BCUT2D eigenvalue weighted by Crippen LogP contribution is -2.14. The number of hydrogen-bond acceptors (Lipinski definition) is 3. The second-order valence-electron chi connectivity index (χ2n) is 3.17. The van der Waals surface area contributed by atoms with Gasteiger partial charge in [0.1, 0.15) is 5.15 Å². The van der Waals surface area contributed by atoms with Crippen molar-refractivity contribution in [3.8, 4) is 0 Å². The first-order valence-corrected chi connectivity index (χ1v) is 6.16. The van der Waals surface area contributed by atoms with Crippen molar-refractivity contribution in [3.05, 3.63) is 50.8 Å². The van der Waals surface area contributed by atoms with Gasteiger partial charge < -0.3 is 0 Å². The Kier molecular flexibility index (Phi) is 3.90. The van der Waals surface area contributed by atoms with Crippen molar-refractivity contribution < 1.29 is 4.79 Å². The summed E-state index contributed by atoms with van der Waals surface area (Å²) < 4.78 is 0.988. The Labute approximate surface area is 117 Å².